The molecule has 3 rings (SSSR count). The lowest BCUT2D eigenvalue weighted by molar-refractivity contribution is 0.0729. The predicted molar refractivity (Wildman–Crippen MR) is 103 cm³/mol. The Labute approximate surface area is 156 Å². The molecule has 25 heavy (non-hydrogen) atoms. The Hall–Kier alpha value is -1.63. The topological polar surface area (TPSA) is 44.8 Å². The fourth-order valence-electron chi connectivity index (χ4n) is 2.53. The number of carbonyl (C=O) groups is 1. The summed E-state index contributed by atoms with van der Waals surface area (Å²) in [6.07, 6.45) is 0. The Morgan fingerprint density at radius 2 is 1.76 bits per heavy atom. The van der Waals surface area contributed by atoms with Crippen LogP contribution in [0.5, 0.6) is 11.5 Å². The molecule has 0 unspecified atom stereocenters. The van der Waals surface area contributed by atoms with Gasteiger partial charge in [-0.2, -0.15) is 0 Å². The number of benzene rings is 2. The molecule has 0 amide bonds. The van der Waals surface area contributed by atoms with Crippen molar-refractivity contribution in [3.8, 4) is 11.5 Å². The summed E-state index contributed by atoms with van der Waals surface area (Å²) >= 11 is 3.85. The van der Waals surface area contributed by atoms with Gasteiger partial charge >= 0.3 is 5.97 Å². The molecule has 6 heteroatoms. The van der Waals surface area contributed by atoms with Crippen LogP contribution in [0.4, 0.5) is 0 Å². The molecule has 1 heterocycles. The van der Waals surface area contributed by atoms with Crippen molar-refractivity contribution in [2.24, 2.45) is 0 Å². The molecule has 2 aromatic rings. The van der Waals surface area contributed by atoms with Crippen molar-refractivity contribution in [1.29, 1.82) is 0 Å². The number of carbonyl (C=O) groups excluding carboxylic acids is 1. The maximum absolute atomic E-state index is 12.4. The van der Waals surface area contributed by atoms with Crippen molar-refractivity contribution in [3.63, 3.8) is 0 Å². The summed E-state index contributed by atoms with van der Waals surface area (Å²) in [6.45, 7) is 0.516. The molecule has 0 atom stereocenters. The summed E-state index contributed by atoms with van der Waals surface area (Å²) in [6, 6.07) is 13.0. The monoisotopic (exact) mass is 376 g/mol. The summed E-state index contributed by atoms with van der Waals surface area (Å²) < 4.78 is 16.4. The number of esters is 1. The van der Waals surface area contributed by atoms with E-state index in [4.69, 9.17) is 14.2 Å². The molecule has 132 valence electrons. The molecule has 4 nitrogen and oxygen atoms in total. The highest BCUT2D eigenvalue weighted by Crippen LogP contribution is 2.46. The molecule has 0 aliphatic carbocycles. The van der Waals surface area contributed by atoms with E-state index < -0.39 is 5.97 Å². The van der Waals surface area contributed by atoms with Crippen molar-refractivity contribution in [1.82, 2.24) is 0 Å². The van der Waals surface area contributed by atoms with E-state index >= 15 is 0 Å². The SMILES string of the molecule is COCc1ccc(C(=O)Oc2ccc(C3SCCS3)cc2OC)cc1. The van der Waals surface area contributed by atoms with Gasteiger partial charge in [0.15, 0.2) is 11.5 Å². The zero-order valence-corrected chi connectivity index (χ0v) is 15.8. The predicted octanol–water partition coefficient (Wildman–Crippen LogP) is 4.54. The van der Waals surface area contributed by atoms with Crippen molar-refractivity contribution >= 4 is 29.5 Å². The molecule has 1 fully saturated rings. The van der Waals surface area contributed by atoms with Crippen LogP contribution in [0.15, 0.2) is 42.5 Å². The summed E-state index contributed by atoms with van der Waals surface area (Å²) in [5.41, 5.74) is 2.69. The van der Waals surface area contributed by atoms with Gasteiger partial charge in [-0.1, -0.05) is 18.2 Å². The fraction of sp³-hybridized carbons (Fsp3) is 0.316. The third-order valence-corrected chi connectivity index (χ3v) is 6.89. The van der Waals surface area contributed by atoms with Gasteiger partial charge in [0.1, 0.15) is 0 Å². The third kappa shape index (κ3) is 4.51. The number of ether oxygens (including phenoxy) is 3. The Kier molecular flexibility index (Phi) is 6.29. The number of hydrogen-bond donors (Lipinski definition) is 0. The molecule has 0 saturated carbocycles. The van der Waals surface area contributed by atoms with Gasteiger partial charge < -0.3 is 14.2 Å². The molecule has 0 radical (unpaired) electrons. The smallest absolute Gasteiger partial charge is 0.343 e. The largest absolute Gasteiger partial charge is 0.493 e. The van der Waals surface area contributed by atoms with E-state index in [0.29, 0.717) is 28.3 Å². The van der Waals surface area contributed by atoms with E-state index in [-0.39, 0.29) is 0 Å². The second kappa shape index (κ2) is 8.65. The summed E-state index contributed by atoms with van der Waals surface area (Å²) in [5.74, 6) is 2.93. The van der Waals surface area contributed by atoms with Gasteiger partial charge in [0.2, 0.25) is 0 Å². The van der Waals surface area contributed by atoms with Crippen LogP contribution < -0.4 is 9.47 Å². The normalized spacial score (nSPS) is 14.5. The quantitative estimate of drug-likeness (QED) is 0.545. The van der Waals surface area contributed by atoms with E-state index in [0.717, 1.165) is 17.1 Å². The van der Waals surface area contributed by atoms with Crippen molar-refractivity contribution in [2.75, 3.05) is 25.7 Å². The molecular weight excluding hydrogens is 356 g/mol. The standard InChI is InChI=1S/C19H20O4S2/c1-21-12-13-3-5-14(6-4-13)18(20)23-16-8-7-15(11-17(16)22-2)19-24-9-10-25-19/h3-8,11,19H,9-10,12H2,1-2H3. The van der Waals surface area contributed by atoms with Gasteiger partial charge in [-0.3, -0.25) is 0 Å². The fourth-order valence-corrected chi connectivity index (χ4v) is 5.37. The maximum atomic E-state index is 12.4. The number of methoxy groups -OCH3 is 2. The molecule has 1 saturated heterocycles. The average Bonchev–Trinajstić information content (AvgIpc) is 3.17. The maximum Gasteiger partial charge on any atom is 0.343 e. The van der Waals surface area contributed by atoms with Crippen LogP contribution in [0.3, 0.4) is 0 Å². The van der Waals surface area contributed by atoms with Gasteiger partial charge in [0, 0.05) is 18.6 Å². The van der Waals surface area contributed by atoms with Gasteiger partial charge in [0.05, 0.1) is 23.9 Å². The molecule has 0 spiro atoms. The lowest BCUT2D eigenvalue weighted by atomic mass is 10.1. The molecule has 1 aliphatic heterocycles. The van der Waals surface area contributed by atoms with E-state index in [1.807, 2.05) is 53.9 Å². The summed E-state index contributed by atoms with van der Waals surface area (Å²) in [5, 5.41) is 0. The Balaban J connectivity index is 1.73. The minimum atomic E-state index is -0.403. The van der Waals surface area contributed by atoms with Crippen LogP contribution in [0.2, 0.25) is 0 Å². The number of rotatable bonds is 6. The molecule has 0 aromatic heterocycles. The Morgan fingerprint density at radius 1 is 1.04 bits per heavy atom. The highest BCUT2D eigenvalue weighted by atomic mass is 32.2. The zero-order valence-electron chi connectivity index (χ0n) is 14.2. The zero-order chi connectivity index (χ0) is 17.6. The van der Waals surface area contributed by atoms with E-state index in [1.54, 1.807) is 26.4 Å². The Bertz CT molecular complexity index is 725. The number of hydrogen-bond acceptors (Lipinski definition) is 6. The lowest BCUT2D eigenvalue weighted by Gasteiger charge is -2.13. The first kappa shape index (κ1) is 18.2. The molecular formula is C19H20O4S2. The van der Waals surface area contributed by atoms with Crippen LogP contribution in [-0.2, 0) is 11.3 Å². The van der Waals surface area contributed by atoms with E-state index in [1.165, 1.54) is 5.56 Å². The van der Waals surface area contributed by atoms with Crippen molar-refractivity contribution in [3.05, 3.63) is 59.2 Å². The lowest BCUT2D eigenvalue weighted by Crippen LogP contribution is -2.09. The first-order valence-electron chi connectivity index (χ1n) is 7.92. The van der Waals surface area contributed by atoms with Crippen LogP contribution >= 0.6 is 23.5 Å². The average molecular weight is 376 g/mol. The van der Waals surface area contributed by atoms with Gasteiger partial charge in [-0.15, -0.1) is 23.5 Å². The van der Waals surface area contributed by atoms with Crippen LogP contribution in [-0.4, -0.2) is 31.7 Å². The molecule has 0 N–H and O–H groups in total. The highest BCUT2D eigenvalue weighted by Gasteiger charge is 2.20. The van der Waals surface area contributed by atoms with Crippen LogP contribution in [0.25, 0.3) is 0 Å². The Morgan fingerprint density at radius 3 is 2.40 bits per heavy atom. The van der Waals surface area contributed by atoms with Crippen molar-refractivity contribution in [2.45, 2.75) is 11.2 Å². The minimum Gasteiger partial charge on any atom is -0.493 e. The van der Waals surface area contributed by atoms with Gasteiger partial charge in [-0.25, -0.2) is 4.79 Å². The number of thioether (sulfide) groups is 2. The summed E-state index contributed by atoms with van der Waals surface area (Å²) in [4.78, 5) is 12.4. The second-order valence-electron chi connectivity index (χ2n) is 5.50. The van der Waals surface area contributed by atoms with E-state index in [9.17, 15) is 4.79 Å². The van der Waals surface area contributed by atoms with Gasteiger partial charge in [0.25, 0.3) is 0 Å². The minimum absolute atomic E-state index is 0.403. The molecule has 2 aromatic carbocycles. The highest BCUT2D eigenvalue weighted by molar-refractivity contribution is 8.19. The summed E-state index contributed by atoms with van der Waals surface area (Å²) in [7, 11) is 3.23. The van der Waals surface area contributed by atoms with E-state index in [2.05, 4.69) is 0 Å². The van der Waals surface area contributed by atoms with Crippen molar-refractivity contribution < 1.29 is 19.0 Å². The second-order valence-corrected chi connectivity index (χ2v) is 8.23. The first-order chi connectivity index (χ1) is 12.2. The van der Waals surface area contributed by atoms with Crippen LogP contribution in [0, 0.1) is 0 Å². The van der Waals surface area contributed by atoms with Gasteiger partial charge in [-0.05, 0) is 35.4 Å². The molecule has 1 aliphatic rings. The van der Waals surface area contributed by atoms with Crippen LogP contribution in [0.1, 0.15) is 26.1 Å². The third-order valence-electron chi connectivity index (χ3n) is 3.78. The first-order valence-corrected chi connectivity index (χ1v) is 10.0. The molecule has 0 bridgehead atoms.